The molecule has 0 aliphatic heterocycles. The number of hydrogen-bond acceptors (Lipinski definition) is 4. The zero-order chi connectivity index (χ0) is 12.3. The Morgan fingerprint density at radius 3 is 2.76 bits per heavy atom. The number of thiazole rings is 1. The van der Waals surface area contributed by atoms with E-state index in [-0.39, 0.29) is 5.41 Å². The van der Waals surface area contributed by atoms with E-state index in [1.807, 2.05) is 18.2 Å². The van der Waals surface area contributed by atoms with Gasteiger partial charge in [-0.05, 0) is 24.1 Å². The van der Waals surface area contributed by atoms with Crippen LogP contribution in [0.15, 0.2) is 29.8 Å². The molecule has 0 spiro atoms. The van der Waals surface area contributed by atoms with Gasteiger partial charge in [0.25, 0.3) is 0 Å². The summed E-state index contributed by atoms with van der Waals surface area (Å²) in [6, 6.07) is 5.87. The van der Waals surface area contributed by atoms with Crippen molar-refractivity contribution in [1.29, 1.82) is 0 Å². The second-order valence-electron chi connectivity index (χ2n) is 4.89. The van der Waals surface area contributed by atoms with Crippen LogP contribution in [0.4, 0.5) is 0 Å². The highest BCUT2D eigenvalue weighted by molar-refractivity contribution is 7.09. The molecule has 0 saturated heterocycles. The maximum Gasteiger partial charge on any atom is 0.0998 e. The van der Waals surface area contributed by atoms with E-state index in [1.54, 1.807) is 17.5 Å². The average molecular weight is 247 g/mol. The van der Waals surface area contributed by atoms with Crippen LogP contribution < -0.4 is 5.73 Å². The van der Waals surface area contributed by atoms with Crippen molar-refractivity contribution >= 4 is 11.3 Å². The van der Waals surface area contributed by atoms with Gasteiger partial charge >= 0.3 is 0 Å². The Hall–Kier alpha value is -1.26. The van der Waals surface area contributed by atoms with Gasteiger partial charge in [-0.3, -0.25) is 4.98 Å². The van der Waals surface area contributed by atoms with Gasteiger partial charge in [0.2, 0.25) is 0 Å². The summed E-state index contributed by atoms with van der Waals surface area (Å²) >= 11 is 1.68. The van der Waals surface area contributed by atoms with Crippen LogP contribution in [0.3, 0.4) is 0 Å². The largest absolute Gasteiger partial charge is 0.330 e. The lowest BCUT2D eigenvalue weighted by atomic mass is 9.90. The second kappa shape index (κ2) is 4.94. The monoisotopic (exact) mass is 247 g/mol. The SMILES string of the molecule is CC(C)(CN)Cc1nc(-c2ccccn2)cs1. The molecule has 2 aromatic heterocycles. The summed E-state index contributed by atoms with van der Waals surface area (Å²) in [4.78, 5) is 8.91. The van der Waals surface area contributed by atoms with E-state index < -0.39 is 0 Å². The van der Waals surface area contributed by atoms with E-state index in [0.717, 1.165) is 22.8 Å². The Bertz CT molecular complexity index is 476. The quantitative estimate of drug-likeness (QED) is 0.903. The van der Waals surface area contributed by atoms with Gasteiger partial charge in [0.15, 0.2) is 0 Å². The molecule has 3 nitrogen and oxygen atoms in total. The highest BCUT2D eigenvalue weighted by Crippen LogP contribution is 2.25. The first-order chi connectivity index (χ1) is 8.11. The predicted octanol–water partition coefficient (Wildman–Crippen LogP) is 2.73. The Morgan fingerprint density at radius 1 is 1.29 bits per heavy atom. The predicted molar refractivity (Wildman–Crippen MR) is 71.9 cm³/mol. The fourth-order valence-corrected chi connectivity index (χ4v) is 2.55. The van der Waals surface area contributed by atoms with Crippen LogP contribution in [0.2, 0.25) is 0 Å². The van der Waals surface area contributed by atoms with Crippen molar-refractivity contribution in [3.8, 4) is 11.4 Å². The topological polar surface area (TPSA) is 51.8 Å². The van der Waals surface area contributed by atoms with Gasteiger partial charge in [-0.15, -0.1) is 11.3 Å². The van der Waals surface area contributed by atoms with Crippen molar-refractivity contribution in [2.24, 2.45) is 11.1 Å². The third-order valence-electron chi connectivity index (χ3n) is 2.66. The van der Waals surface area contributed by atoms with Crippen molar-refractivity contribution in [1.82, 2.24) is 9.97 Å². The number of rotatable bonds is 4. The Labute approximate surface area is 106 Å². The smallest absolute Gasteiger partial charge is 0.0998 e. The highest BCUT2D eigenvalue weighted by Gasteiger charge is 2.18. The number of nitrogens with zero attached hydrogens (tertiary/aromatic N) is 2. The molecular formula is C13H17N3S. The highest BCUT2D eigenvalue weighted by atomic mass is 32.1. The van der Waals surface area contributed by atoms with E-state index in [1.165, 1.54) is 0 Å². The normalized spacial score (nSPS) is 11.7. The van der Waals surface area contributed by atoms with Gasteiger partial charge in [-0.1, -0.05) is 19.9 Å². The third kappa shape index (κ3) is 3.11. The minimum Gasteiger partial charge on any atom is -0.330 e. The first-order valence-electron chi connectivity index (χ1n) is 5.67. The Morgan fingerprint density at radius 2 is 2.12 bits per heavy atom. The summed E-state index contributed by atoms with van der Waals surface area (Å²) in [5.74, 6) is 0. The summed E-state index contributed by atoms with van der Waals surface area (Å²) in [5.41, 5.74) is 7.73. The molecule has 2 aromatic rings. The lowest BCUT2D eigenvalue weighted by Gasteiger charge is -2.20. The van der Waals surface area contributed by atoms with Gasteiger partial charge in [-0.25, -0.2) is 4.98 Å². The van der Waals surface area contributed by atoms with E-state index in [4.69, 9.17) is 5.73 Å². The van der Waals surface area contributed by atoms with E-state index in [2.05, 4.69) is 29.2 Å². The summed E-state index contributed by atoms with van der Waals surface area (Å²) in [6.07, 6.45) is 2.71. The summed E-state index contributed by atoms with van der Waals surface area (Å²) in [7, 11) is 0. The maximum atomic E-state index is 5.74. The lowest BCUT2D eigenvalue weighted by Crippen LogP contribution is -2.25. The molecule has 0 atom stereocenters. The van der Waals surface area contributed by atoms with Gasteiger partial charge in [0, 0.05) is 18.0 Å². The molecule has 2 N–H and O–H groups in total. The first-order valence-corrected chi connectivity index (χ1v) is 6.54. The maximum absolute atomic E-state index is 5.74. The molecule has 0 fully saturated rings. The molecule has 0 radical (unpaired) electrons. The van der Waals surface area contributed by atoms with Gasteiger partial charge in [0.05, 0.1) is 16.4 Å². The van der Waals surface area contributed by atoms with Crippen LogP contribution >= 0.6 is 11.3 Å². The average Bonchev–Trinajstić information content (AvgIpc) is 2.78. The van der Waals surface area contributed by atoms with Crippen LogP contribution in [0, 0.1) is 5.41 Å². The van der Waals surface area contributed by atoms with Crippen LogP contribution in [0.25, 0.3) is 11.4 Å². The number of pyridine rings is 1. The van der Waals surface area contributed by atoms with Gasteiger partial charge in [-0.2, -0.15) is 0 Å². The summed E-state index contributed by atoms with van der Waals surface area (Å²) < 4.78 is 0. The van der Waals surface area contributed by atoms with E-state index >= 15 is 0 Å². The van der Waals surface area contributed by atoms with Crippen molar-refractivity contribution in [3.63, 3.8) is 0 Å². The molecule has 0 unspecified atom stereocenters. The van der Waals surface area contributed by atoms with Gasteiger partial charge < -0.3 is 5.73 Å². The third-order valence-corrected chi connectivity index (χ3v) is 3.51. The fraction of sp³-hybridized carbons (Fsp3) is 0.385. The molecule has 0 aromatic carbocycles. The van der Waals surface area contributed by atoms with Crippen LogP contribution in [0.1, 0.15) is 18.9 Å². The van der Waals surface area contributed by atoms with E-state index in [9.17, 15) is 0 Å². The molecule has 0 bridgehead atoms. The van der Waals surface area contributed by atoms with Crippen LogP contribution in [0.5, 0.6) is 0 Å². The summed E-state index contributed by atoms with van der Waals surface area (Å²) in [6.45, 7) is 5.00. The zero-order valence-corrected chi connectivity index (χ0v) is 11.0. The Kier molecular flexibility index (Phi) is 3.54. The minimum absolute atomic E-state index is 0.110. The zero-order valence-electron chi connectivity index (χ0n) is 10.2. The van der Waals surface area contributed by atoms with Gasteiger partial charge in [0.1, 0.15) is 0 Å². The Balaban J connectivity index is 2.17. The minimum atomic E-state index is 0.110. The number of nitrogens with two attached hydrogens (primary N) is 1. The van der Waals surface area contributed by atoms with Crippen LogP contribution in [-0.4, -0.2) is 16.5 Å². The molecule has 0 amide bonds. The van der Waals surface area contributed by atoms with Crippen molar-refractivity contribution < 1.29 is 0 Å². The number of aromatic nitrogens is 2. The van der Waals surface area contributed by atoms with Crippen LogP contribution in [-0.2, 0) is 6.42 Å². The molecule has 0 saturated carbocycles. The second-order valence-corrected chi connectivity index (χ2v) is 5.83. The molecule has 0 aliphatic rings. The molecule has 2 heterocycles. The molecule has 17 heavy (non-hydrogen) atoms. The molecule has 4 heteroatoms. The van der Waals surface area contributed by atoms with Crippen molar-refractivity contribution in [2.75, 3.05) is 6.54 Å². The molecular weight excluding hydrogens is 230 g/mol. The lowest BCUT2D eigenvalue weighted by molar-refractivity contribution is 0.376. The number of hydrogen-bond donors (Lipinski definition) is 1. The van der Waals surface area contributed by atoms with Crippen molar-refractivity contribution in [2.45, 2.75) is 20.3 Å². The summed E-state index contributed by atoms with van der Waals surface area (Å²) in [5, 5.41) is 3.19. The molecule has 90 valence electrons. The van der Waals surface area contributed by atoms with Crippen molar-refractivity contribution in [3.05, 3.63) is 34.8 Å². The molecule has 0 aliphatic carbocycles. The van der Waals surface area contributed by atoms with E-state index in [0.29, 0.717) is 6.54 Å². The fourth-order valence-electron chi connectivity index (χ4n) is 1.51. The first kappa shape index (κ1) is 12.2. The molecule has 2 rings (SSSR count). The standard InChI is InChI=1S/C13H17N3S/c1-13(2,9-14)7-12-16-11(8-17-12)10-5-3-4-6-15-10/h3-6,8H,7,9,14H2,1-2H3.